The lowest BCUT2D eigenvalue weighted by molar-refractivity contribution is 0.0662. The van der Waals surface area contributed by atoms with E-state index in [4.69, 9.17) is 9.47 Å². The maximum Gasteiger partial charge on any atom is 0.179 e. The van der Waals surface area contributed by atoms with Gasteiger partial charge in [0.15, 0.2) is 11.5 Å². The quantitative estimate of drug-likeness (QED) is 0.752. The zero-order valence-corrected chi connectivity index (χ0v) is 15.9. The number of likely N-dealkylation sites (tertiary alicyclic amines) is 1. The molecule has 0 spiro atoms. The third-order valence-corrected chi connectivity index (χ3v) is 4.63. The molecule has 0 aromatic carbocycles. The van der Waals surface area contributed by atoms with E-state index in [2.05, 4.69) is 32.4 Å². The second-order valence-electron chi connectivity index (χ2n) is 6.51. The minimum Gasteiger partial charge on any atom is -0.491 e. The topological polar surface area (TPSA) is 71.5 Å². The average Bonchev–Trinajstić information content (AvgIpc) is 2.62. The van der Waals surface area contributed by atoms with Gasteiger partial charge in [-0.25, -0.2) is 9.97 Å². The van der Waals surface area contributed by atoms with E-state index in [0.29, 0.717) is 29.8 Å². The van der Waals surface area contributed by atoms with Crippen LogP contribution in [0.25, 0.3) is 0 Å². The Morgan fingerprint density at radius 3 is 2.62 bits per heavy atom. The summed E-state index contributed by atoms with van der Waals surface area (Å²) in [4.78, 5) is 11.1. The summed E-state index contributed by atoms with van der Waals surface area (Å²) in [6.07, 6.45) is 3.51. The van der Waals surface area contributed by atoms with E-state index < -0.39 is 0 Å². The SMILES string of the molecule is CCN1CC(COc2cc(Nc3cc(NC)ncc3C)ncc2OC)C1. The summed E-state index contributed by atoms with van der Waals surface area (Å²) < 4.78 is 11.4. The number of hydrogen-bond donors (Lipinski definition) is 2. The van der Waals surface area contributed by atoms with Crippen molar-refractivity contribution < 1.29 is 9.47 Å². The van der Waals surface area contributed by atoms with Crippen molar-refractivity contribution in [3.8, 4) is 11.5 Å². The number of nitrogens with zero attached hydrogens (tertiary/aromatic N) is 3. The highest BCUT2D eigenvalue weighted by Crippen LogP contribution is 2.31. The lowest BCUT2D eigenvalue weighted by Gasteiger charge is -2.38. The van der Waals surface area contributed by atoms with Gasteiger partial charge in [0.25, 0.3) is 0 Å². The molecule has 7 heteroatoms. The van der Waals surface area contributed by atoms with Gasteiger partial charge in [-0.2, -0.15) is 0 Å². The third-order valence-electron chi connectivity index (χ3n) is 4.63. The number of nitrogens with one attached hydrogen (secondary N) is 2. The molecule has 0 radical (unpaired) electrons. The van der Waals surface area contributed by atoms with Crippen LogP contribution in [0, 0.1) is 12.8 Å². The Kier molecular flexibility index (Phi) is 5.78. The smallest absolute Gasteiger partial charge is 0.179 e. The van der Waals surface area contributed by atoms with Crippen molar-refractivity contribution in [1.29, 1.82) is 0 Å². The van der Waals surface area contributed by atoms with Gasteiger partial charge in [0.1, 0.15) is 11.6 Å². The van der Waals surface area contributed by atoms with E-state index >= 15 is 0 Å². The average molecular weight is 357 g/mol. The zero-order valence-electron chi connectivity index (χ0n) is 15.9. The molecule has 0 amide bonds. The van der Waals surface area contributed by atoms with Crippen LogP contribution in [0.3, 0.4) is 0 Å². The fourth-order valence-corrected chi connectivity index (χ4v) is 2.94. The van der Waals surface area contributed by atoms with Gasteiger partial charge in [0, 0.05) is 50.1 Å². The number of methoxy groups -OCH3 is 1. The van der Waals surface area contributed by atoms with Crippen molar-refractivity contribution in [3.05, 3.63) is 30.1 Å². The maximum absolute atomic E-state index is 6.02. The largest absolute Gasteiger partial charge is 0.491 e. The third kappa shape index (κ3) is 4.16. The van der Waals surface area contributed by atoms with Gasteiger partial charge in [-0.05, 0) is 19.0 Å². The first-order valence-electron chi connectivity index (χ1n) is 8.93. The van der Waals surface area contributed by atoms with Crippen LogP contribution < -0.4 is 20.1 Å². The molecule has 7 nitrogen and oxygen atoms in total. The van der Waals surface area contributed by atoms with Crippen LogP contribution >= 0.6 is 0 Å². The maximum atomic E-state index is 6.02. The Bertz CT molecular complexity index is 747. The molecular formula is C19H27N5O2. The van der Waals surface area contributed by atoms with Crippen LogP contribution in [0.1, 0.15) is 12.5 Å². The van der Waals surface area contributed by atoms with Gasteiger partial charge in [0.05, 0.1) is 19.9 Å². The highest BCUT2D eigenvalue weighted by molar-refractivity contribution is 5.65. The molecule has 3 rings (SSSR count). The molecule has 26 heavy (non-hydrogen) atoms. The first-order chi connectivity index (χ1) is 12.6. The molecule has 0 unspecified atom stereocenters. The minimum absolute atomic E-state index is 0.574. The molecule has 1 saturated heterocycles. The minimum atomic E-state index is 0.574. The van der Waals surface area contributed by atoms with E-state index in [-0.39, 0.29) is 0 Å². The monoisotopic (exact) mass is 357 g/mol. The summed E-state index contributed by atoms with van der Waals surface area (Å²) in [6, 6.07) is 3.84. The van der Waals surface area contributed by atoms with E-state index in [9.17, 15) is 0 Å². The van der Waals surface area contributed by atoms with Crippen molar-refractivity contribution in [2.75, 3.05) is 51.0 Å². The van der Waals surface area contributed by atoms with Gasteiger partial charge < -0.3 is 25.0 Å². The molecule has 2 aromatic heterocycles. The Morgan fingerprint density at radius 2 is 1.92 bits per heavy atom. The highest BCUT2D eigenvalue weighted by Gasteiger charge is 2.26. The number of rotatable bonds is 8. The van der Waals surface area contributed by atoms with Gasteiger partial charge >= 0.3 is 0 Å². The number of hydrogen-bond acceptors (Lipinski definition) is 7. The molecule has 0 atom stereocenters. The van der Waals surface area contributed by atoms with E-state index in [0.717, 1.165) is 36.7 Å². The summed E-state index contributed by atoms with van der Waals surface area (Å²) >= 11 is 0. The van der Waals surface area contributed by atoms with Crippen molar-refractivity contribution in [1.82, 2.24) is 14.9 Å². The van der Waals surface area contributed by atoms with Crippen molar-refractivity contribution in [2.24, 2.45) is 5.92 Å². The van der Waals surface area contributed by atoms with Crippen molar-refractivity contribution in [3.63, 3.8) is 0 Å². The first kappa shape index (κ1) is 18.3. The lowest BCUT2D eigenvalue weighted by atomic mass is 10.0. The van der Waals surface area contributed by atoms with Crippen LogP contribution in [0.4, 0.5) is 17.3 Å². The van der Waals surface area contributed by atoms with Gasteiger partial charge in [-0.3, -0.25) is 0 Å². The second kappa shape index (κ2) is 8.23. The fourth-order valence-electron chi connectivity index (χ4n) is 2.94. The molecule has 2 aromatic rings. The van der Waals surface area contributed by atoms with Gasteiger partial charge in [-0.15, -0.1) is 0 Å². The molecule has 0 bridgehead atoms. The van der Waals surface area contributed by atoms with Crippen LogP contribution in [-0.4, -0.2) is 55.3 Å². The Balaban J connectivity index is 1.70. The molecule has 140 valence electrons. The standard InChI is InChI=1S/C19H27N5O2/c1-5-24-10-14(11-24)12-26-16-7-19(22-9-17(16)25-4)23-15-6-18(20-3)21-8-13(15)2/h6-9,14H,5,10-12H2,1-4H3,(H2,20,21,22,23). The zero-order chi connectivity index (χ0) is 18.5. The number of anilines is 3. The van der Waals surface area contributed by atoms with Crippen LogP contribution in [0.2, 0.25) is 0 Å². The van der Waals surface area contributed by atoms with Gasteiger partial charge in [0.2, 0.25) is 0 Å². The lowest BCUT2D eigenvalue weighted by Crippen LogP contribution is -2.48. The van der Waals surface area contributed by atoms with Crippen molar-refractivity contribution >= 4 is 17.3 Å². The van der Waals surface area contributed by atoms with E-state index in [1.54, 1.807) is 13.3 Å². The molecule has 1 aliphatic heterocycles. The Labute approximate surface area is 154 Å². The Hall–Kier alpha value is -2.54. The predicted octanol–water partition coefficient (Wildman–Crippen LogP) is 2.91. The molecule has 0 saturated carbocycles. The number of aryl methyl sites for hydroxylation is 1. The Morgan fingerprint density at radius 1 is 1.15 bits per heavy atom. The van der Waals surface area contributed by atoms with E-state index in [1.807, 2.05) is 32.3 Å². The normalized spacial score (nSPS) is 14.6. The van der Waals surface area contributed by atoms with Crippen LogP contribution in [0.5, 0.6) is 11.5 Å². The number of ether oxygens (including phenoxy) is 2. The van der Waals surface area contributed by atoms with E-state index in [1.165, 1.54) is 0 Å². The molecular weight excluding hydrogens is 330 g/mol. The highest BCUT2D eigenvalue weighted by atomic mass is 16.5. The molecule has 0 aliphatic carbocycles. The molecule has 3 heterocycles. The van der Waals surface area contributed by atoms with Crippen LogP contribution in [-0.2, 0) is 0 Å². The van der Waals surface area contributed by atoms with Crippen LogP contribution in [0.15, 0.2) is 24.5 Å². The molecule has 1 fully saturated rings. The first-order valence-corrected chi connectivity index (χ1v) is 8.93. The summed E-state index contributed by atoms with van der Waals surface area (Å²) in [5.74, 6) is 3.43. The second-order valence-corrected chi connectivity index (χ2v) is 6.51. The summed E-state index contributed by atoms with van der Waals surface area (Å²) in [7, 11) is 3.48. The van der Waals surface area contributed by atoms with Gasteiger partial charge in [-0.1, -0.05) is 6.92 Å². The fraction of sp³-hybridized carbons (Fsp3) is 0.474. The summed E-state index contributed by atoms with van der Waals surface area (Å²) in [5, 5.41) is 6.38. The summed E-state index contributed by atoms with van der Waals surface area (Å²) in [5.41, 5.74) is 1.99. The summed E-state index contributed by atoms with van der Waals surface area (Å²) in [6.45, 7) is 8.17. The number of aromatic nitrogens is 2. The predicted molar refractivity (Wildman–Crippen MR) is 104 cm³/mol. The molecule has 1 aliphatic rings. The van der Waals surface area contributed by atoms with Crippen molar-refractivity contribution in [2.45, 2.75) is 13.8 Å². The number of pyridine rings is 2. The molecule has 2 N–H and O–H groups in total.